The largest absolute Gasteiger partial charge is 0.330 e. The summed E-state index contributed by atoms with van der Waals surface area (Å²) in [4.78, 5) is 12.0. The molecular weight excluding hydrogens is 260 g/mol. The summed E-state index contributed by atoms with van der Waals surface area (Å²) in [5.41, 5.74) is 0.541. The minimum Gasteiger partial charge on any atom is -0.330 e. The molecule has 1 saturated heterocycles. The molecule has 2 nitrogen and oxygen atoms in total. The van der Waals surface area contributed by atoms with E-state index < -0.39 is 23.0 Å². The van der Waals surface area contributed by atoms with Gasteiger partial charge in [0.1, 0.15) is 11.6 Å². The number of hydrogen-bond donors (Lipinski definition) is 1. The van der Waals surface area contributed by atoms with Crippen molar-refractivity contribution in [2.45, 2.75) is 44.9 Å². The lowest BCUT2D eigenvalue weighted by Gasteiger charge is -2.27. The molecule has 1 amide bonds. The number of carbonyl (C=O) groups is 1. The molecule has 1 N–H and O–H groups in total. The molecule has 1 atom stereocenters. The van der Waals surface area contributed by atoms with Gasteiger partial charge in [-0.2, -0.15) is 0 Å². The third kappa shape index (κ3) is 2.74. The number of allylic oxidation sites excluding steroid dienone is 1. The highest BCUT2D eigenvalue weighted by molar-refractivity contribution is 5.86. The highest BCUT2D eigenvalue weighted by atomic mass is 19.1. The quantitative estimate of drug-likeness (QED) is 0.833. The zero-order valence-corrected chi connectivity index (χ0v) is 12.0. The molecule has 1 unspecified atom stereocenters. The normalized spacial score (nSPS) is 19.9. The molecule has 1 aromatic carbocycles. The van der Waals surface area contributed by atoms with Crippen LogP contribution in [0.5, 0.6) is 0 Å². The Hall–Kier alpha value is -1.71. The fourth-order valence-electron chi connectivity index (χ4n) is 2.48. The Balaban J connectivity index is 2.50. The van der Waals surface area contributed by atoms with E-state index in [0.717, 1.165) is 6.07 Å². The number of nitrogens with one attached hydrogen (secondary N) is 1. The lowest BCUT2D eigenvalue weighted by molar-refractivity contribution is -0.122. The van der Waals surface area contributed by atoms with E-state index in [1.807, 2.05) is 20.8 Å². The van der Waals surface area contributed by atoms with Crippen molar-refractivity contribution in [1.82, 2.24) is 5.32 Å². The van der Waals surface area contributed by atoms with Crippen LogP contribution in [0.1, 0.15) is 50.7 Å². The first kappa shape index (κ1) is 14.7. The standard InChI is InChI=1S/C16H19F2NO/c1-9-5-6-11(15(20)19-9)12-7-10(17)8-13(14(12)18)16(2,3)4/h7-8,11H,1,5-6H2,2-4H3,(H,19,20). The van der Waals surface area contributed by atoms with Crippen molar-refractivity contribution in [3.63, 3.8) is 0 Å². The molecule has 20 heavy (non-hydrogen) atoms. The van der Waals surface area contributed by atoms with Crippen molar-refractivity contribution >= 4 is 5.91 Å². The molecule has 1 fully saturated rings. The first-order chi connectivity index (χ1) is 9.20. The van der Waals surface area contributed by atoms with Gasteiger partial charge in [0.25, 0.3) is 0 Å². The Bertz CT molecular complexity index is 573. The van der Waals surface area contributed by atoms with Gasteiger partial charge in [-0.3, -0.25) is 4.79 Å². The van der Waals surface area contributed by atoms with E-state index in [0.29, 0.717) is 24.1 Å². The monoisotopic (exact) mass is 279 g/mol. The number of rotatable bonds is 1. The molecule has 0 aromatic heterocycles. The smallest absolute Gasteiger partial charge is 0.231 e. The van der Waals surface area contributed by atoms with Crippen LogP contribution in [-0.4, -0.2) is 5.91 Å². The molecule has 0 bridgehead atoms. The Morgan fingerprint density at radius 2 is 1.95 bits per heavy atom. The molecular formula is C16H19F2NO. The van der Waals surface area contributed by atoms with E-state index in [-0.39, 0.29) is 11.5 Å². The number of carbonyl (C=O) groups excluding carboxylic acids is 1. The maximum Gasteiger partial charge on any atom is 0.231 e. The van der Waals surface area contributed by atoms with E-state index in [2.05, 4.69) is 11.9 Å². The molecule has 0 saturated carbocycles. The minimum absolute atomic E-state index is 0.139. The van der Waals surface area contributed by atoms with Crippen molar-refractivity contribution < 1.29 is 13.6 Å². The molecule has 4 heteroatoms. The second-order valence-electron chi connectivity index (χ2n) is 6.29. The van der Waals surface area contributed by atoms with Gasteiger partial charge in [-0.25, -0.2) is 8.78 Å². The van der Waals surface area contributed by atoms with Crippen LogP contribution in [0.3, 0.4) is 0 Å². The molecule has 1 heterocycles. The molecule has 1 aliphatic rings. The van der Waals surface area contributed by atoms with Crippen LogP contribution in [0.4, 0.5) is 8.78 Å². The maximum absolute atomic E-state index is 14.6. The summed E-state index contributed by atoms with van der Waals surface area (Å²) >= 11 is 0. The van der Waals surface area contributed by atoms with Crippen LogP contribution >= 0.6 is 0 Å². The molecule has 0 spiro atoms. The van der Waals surface area contributed by atoms with Crippen molar-refractivity contribution in [3.8, 4) is 0 Å². The lowest BCUT2D eigenvalue weighted by Crippen LogP contribution is -2.34. The average molecular weight is 279 g/mol. The van der Waals surface area contributed by atoms with Crippen molar-refractivity contribution in [2.24, 2.45) is 0 Å². The van der Waals surface area contributed by atoms with Crippen LogP contribution in [0.25, 0.3) is 0 Å². The molecule has 108 valence electrons. The van der Waals surface area contributed by atoms with Crippen LogP contribution in [0, 0.1) is 11.6 Å². The van der Waals surface area contributed by atoms with Crippen molar-refractivity contribution in [2.75, 3.05) is 0 Å². The molecule has 2 rings (SSSR count). The molecule has 0 aliphatic carbocycles. The van der Waals surface area contributed by atoms with Gasteiger partial charge in [-0.15, -0.1) is 0 Å². The van der Waals surface area contributed by atoms with Gasteiger partial charge in [0.05, 0.1) is 5.92 Å². The first-order valence-electron chi connectivity index (χ1n) is 6.68. The number of benzene rings is 1. The maximum atomic E-state index is 14.6. The van der Waals surface area contributed by atoms with Crippen molar-refractivity contribution in [1.29, 1.82) is 0 Å². The average Bonchev–Trinajstić information content (AvgIpc) is 2.31. The summed E-state index contributed by atoms with van der Waals surface area (Å²) in [7, 11) is 0. The second-order valence-corrected chi connectivity index (χ2v) is 6.29. The highest BCUT2D eigenvalue weighted by Crippen LogP contribution is 2.34. The topological polar surface area (TPSA) is 29.1 Å². The van der Waals surface area contributed by atoms with Gasteiger partial charge in [0.15, 0.2) is 0 Å². The summed E-state index contributed by atoms with van der Waals surface area (Å²) in [6.45, 7) is 9.14. The van der Waals surface area contributed by atoms with E-state index in [1.165, 1.54) is 6.07 Å². The molecule has 1 aliphatic heterocycles. The van der Waals surface area contributed by atoms with Crippen LogP contribution in [-0.2, 0) is 10.2 Å². The number of halogens is 2. The van der Waals surface area contributed by atoms with Crippen LogP contribution in [0.2, 0.25) is 0 Å². The number of hydrogen-bond acceptors (Lipinski definition) is 1. The zero-order valence-electron chi connectivity index (χ0n) is 12.0. The Morgan fingerprint density at radius 1 is 1.30 bits per heavy atom. The third-order valence-corrected chi connectivity index (χ3v) is 3.60. The predicted octanol–water partition coefficient (Wildman–Crippen LogP) is 3.77. The minimum atomic E-state index is -0.655. The van der Waals surface area contributed by atoms with E-state index in [1.54, 1.807) is 0 Å². The fourth-order valence-corrected chi connectivity index (χ4v) is 2.48. The summed E-state index contributed by atoms with van der Waals surface area (Å²) in [5.74, 6) is -1.96. The summed E-state index contributed by atoms with van der Waals surface area (Å²) in [6, 6.07) is 2.33. The first-order valence-corrected chi connectivity index (χ1v) is 6.68. The Morgan fingerprint density at radius 3 is 2.50 bits per heavy atom. The van der Waals surface area contributed by atoms with Gasteiger partial charge in [-0.1, -0.05) is 27.4 Å². The van der Waals surface area contributed by atoms with Crippen LogP contribution < -0.4 is 5.32 Å². The van der Waals surface area contributed by atoms with Gasteiger partial charge in [0, 0.05) is 11.3 Å². The Kier molecular flexibility index (Phi) is 3.67. The van der Waals surface area contributed by atoms with Gasteiger partial charge in [-0.05, 0) is 36.0 Å². The zero-order chi connectivity index (χ0) is 15.1. The lowest BCUT2D eigenvalue weighted by atomic mass is 9.82. The van der Waals surface area contributed by atoms with E-state index in [9.17, 15) is 13.6 Å². The number of amides is 1. The van der Waals surface area contributed by atoms with Gasteiger partial charge < -0.3 is 5.32 Å². The fraction of sp³-hybridized carbons (Fsp3) is 0.438. The molecule has 0 radical (unpaired) electrons. The van der Waals surface area contributed by atoms with Crippen molar-refractivity contribution in [3.05, 3.63) is 47.2 Å². The molecule has 1 aromatic rings. The van der Waals surface area contributed by atoms with E-state index >= 15 is 0 Å². The summed E-state index contributed by atoms with van der Waals surface area (Å²) < 4.78 is 28.4. The predicted molar refractivity (Wildman–Crippen MR) is 74.3 cm³/mol. The third-order valence-electron chi connectivity index (χ3n) is 3.60. The van der Waals surface area contributed by atoms with Gasteiger partial charge in [0.2, 0.25) is 5.91 Å². The Labute approximate surface area is 117 Å². The van der Waals surface area contributed by atoms with Crippen LogP contribution in [0.15, 0.2) is 24.4 Å². The summed E-state index contributed by atoms with van der Waals surface area (Å²) in [5, 5.41) is 2.61. The second kappa shape index (κ2) is 5.00. The van der Waals surface area contributed by atoms with E-state index in [4.69, 9.17) is 0 Å². The summed E-state index contributed by atoms with van der Waals surface area (Å²) in [6.07, 6.45) is 1.03. The number of piperidine rings is 1. The van der Waals surface area contributed by atoms with Gasteiger partial charge >= 0.3 is 0 Å². The highest BCUT2D eigenvalue weighted by Gasteiger charge is 2.31. The SMILES string of the molecule is C=C1CCC(c2cc(F)cc(C(C)(C)C)c2F)C(=O)N1.